The molecule has 1 heterocycles. The van der Waals surface area contributed by atoms with E-state index < -0.39 is 12.7 Å². The highest BCUT2D eigenvalue weighted by Gasteiger charge is 2.32. The molecule has 0 unspecified atom stereocenters. The van der Waals surface area contributed by atoms with Gasteiger partial charge < -0.3 is 10.0 Å². The number of nitrogens with zero attached hydrogens (tertiary/aromatic N) is 2. The zero-order valence-corrected chi connectivity index (χ0v) is 12.9. The van der Waals surface area contributed by atoms with Crippen molar-refractivity contribution in [2.75, 3.05) is 37.7 Å². The largest absolute Gasteiger partial charge is 0.401 e. The lowest BCUT2D eigenvalue weighted by molar-refractivity contribution is -0.148. The van der Waals surface area contributed by atoms with Crippen LogP contribution in [0.4, 0.5) is 18.9 Å². The number of anilines is 1. The van der Waals surface area contributed by atoms with Gasteiger partial charge in [0.15, 0.2) is 0 Å². The fourth-order valence-electron chi connectivity index (χ4n) is 2.83. The second-order valence-corrected chi connectivity index (χ2v) is 5.68. The highest BCUT2D eigenvalue weighted by atomic mass is 19.4. The summed E-state index contributed by atoms with van der Waals surface area (Å²) in [5, 5.41) is 8.82. The van der Waals surface area contributed by atoms with E-state index in [4.69, 9.17) is 5.11 Å². The minimum absolute atomic E-state index is 0.0389. The second-order valence-electron chi connectivity index (χ2n) is 5.68. The number of aliphatic hydroxyl groups is 1. The van der Waals surface area contributed by atoms with Gasteiger partial charge in [-0.15, -0.1) is 0 Å². The monoisotopic (exact) mass is 330 g/mol. The molecule has 0 aliphatic carbocycles. The lowest BCUT2D eigenvalue weighted by atomic mass is 10.0. The van der Waals surface area contributed by atoms with Crippen LogP contribution in [-0.4, -0.2) is 54.9 Å². The molecular formula is C16H21F3N2O2. The van der Waals surface area contributed by atoms with Gasteiger partial charge in [0, 0.05) is 25.4 Å². The number of aliphatic hydroxyl groups excluding tert-OH is 1. The van der Waals surface area contributed by atoms with Gasteiger partial charge in [-0.1, -0.05) is 18.2 Å². The number of alkyl halides is 3. The van der Waals surface area contributed by atoms with E-state index in [1.807, 2.05) is 24.3 Å². The van der Waals surface area contributed by atoms with Gasteiger partial charge in [-0.25, -0.2) is 0 Å². The van der Waals surface area contributed by atoms with Crippen LogP contribution < -0.4 is 4.90 Å². The van der Waals surface area contributed by atoms with Gasteiger partial charge in [-0.3, -0.25) is 9.69 Å². The van der Waals surface area contributed by atoms with Crippen molar-refractivity contribution >= 4 is 11.6 Å². The van der Waals surface area contributed by atoms with Gasteiger partial charge in [0.25, 0.3) is 0 Å². The first-order valence-corrected chi connectivity index (χ1v) is 7.69. The molecule has 1 aromatic rings. The van der Waals surface area contributed by atoms with Crippen molar-refractivity contribution < 1.29 is 23.1 Å². The first-order valence-electron chi connectivity index (χ1n) is 7.69. The van der Waals surface area contributed by atoms with Crippen molar-refractivity contribution in [2.45, 2.75) is 25.4 Å². The number of hydrogen-bond acceptors (Lipinski definition) is 3. The number of carbonyl (C=O) groups excluding carboxylic acids is 1. The smallest absolute Gasteiger partial charge is 0.396 e. The molecule has 1 aromatic carbocycles. The van der Waals surface area contributed by atoms with E-state index in [1.54, 1.807) is 4.90 Å². The molecule has 4 nitrogen and oxygen atoms in total. The van der Waals surface area contributed by atoms with E-state index in [9.17, 15) is 18.0 Å². The number of hydrogen-bond donors (Lipinski definition) is 1. The number of para-hydroxylation sites is 1. The van der Waals surface area contributed by atoms with Gasteiger partial charge in [0.05, 0.1) is 13.1 Å². The van der Waals surface area contributed by atoms with Crippen molar-refractivity contribution in [3.8, 4) is 0 Å². The Morgan fingerprint density at radius 3 is 2.74 bits per heavy atom. The normalized spacial score (nSPS) is 14.9. The summed E-state index contributed by atoms with van der Waals surface area (Å²) in [5.74, 6) is -0.334. The van der Waals surface area contributed by atoms with Crippen molar-refractivity contribution in [3.63, 3.8) is 0 Å². The zero-order valence-electron chi connectivity index (χ0n) is 12.9. The van der Waals surface area contributed by atoms with E-state index in [1.165, 1.54) is 0 Å². The Bertz CT molecular complexity index is 534. The molecule has 0 atom stereocenters. The fourth-order valence-corrected chi connectivity index (χ4v) is 2.83. The maximum Gasteiger partial charge on any atom is 0.401 e. The standard InChI is InChI=1S/C16H21F3N2O2/c17-16(18,19)12-20(8-4-10-22)11-15(23)21-9-3-6-13-5-1-2-7-14(13)21/h1-2,5,7,22H,3-4,6,8-12H2. The molecule has 1 N–H and O–H groups in total. The summed E-state index contributed by atoms with van der Waals surface area (Å²) >= 11 is 0. The number of carbonyl (C=O) groups is 1. The Morgan fingerprint density at radius 1 is 1.30 bits per heavy atom. The van der Waals surface area contributed by atoms with Crippen molar-refractivity contribution in [1.82, 2.24) is 4.90 Å². The topological polar surface area (TPSA) is 43.8 Å². The number of halogens is 3. The number of amides is 1. The molecule has 7 heteroatoms. The van der Waals surface area contributed by atoms with E-state index in [2.05, 4.69) is 0 Å². The molecule has 0 saturated heterocycles. The number of benzene rings is 1. The van der Waals surface area contributed by atoms with Crippen LogP contribution in [-0.2, 0) is 11.2 Å². The Kier molecular flexibility index (Phi) is 6.01. The van der Waals surface area contributed by atoms with E-state index >= 15 is 0 Å². The summed E-state index contributed by atoms with van der Waals surface area (Å²) in [6.45, 7) is -1.08. The van der Waals surface area contributed by atoms with Crippen LogP contribution in [0.5, 0.6) is 0 Å². The maximum atomic E-state index is 12.6. The van der Waals surface area contributed by atoms with Crippen LogP contribution in [0.3, 0.4) is 0 Å². The summed E-state index contributed by atoms with van der Waals surface area (Å²) in [6.07, 6.45) is -2.48. The maximum absolute atomic E-state index is 12.6. The minimum Gasteiger partial charge on any atom is -0.396 e. The molecule has 0 bridgehead atoms. The summed E-state index contributed by atoms with van der Waals surface area (Å²) in [5.41, 5.74) is 1.84. The van der Waals surface area contributed by atoms with Gasteiger partial charge >= 0.3 is 6.18 Å². The van der Waals surface area contributed by atoms with Gasteiger partial charge in [-0.2, -0.15) is 13.2 Å². The van der Waals surface area contributed by atoms with Crippen LogP contribution in [0.1, 0.15) is 18.4 Å². The van der Waals surface area contributed by atoms with Gasteiger partial charge in [0.2, 0.25) is 5.91 Å². The average Bonchev–Trinajstić information content (AvgIpc) is 2.50. The summed E-state index contributed by atoms with van der Waals surface area (Å²) in [7, 11) is 0. The van der Waals surface area contributed by atoms with E-state index in [0.29, 0.717) is 6.54 Å². The lowest BCUT2D eigenvalue weighted by Crippen LogP contribution is -2.45. The molecular weight excluding hydrogens is 309 g/mol. The van der Waals surface area contributed by atoms with Crippen LogP contribution >= 0.6 is 0 Å². The first kappa shape index (κ1) is 17.7. The summed E-state index contributed by atoms with van der Waals surface area (Å²) in [6, 6.07) is 7.48. The van der Waals surface area contributed by atoms with E-state index in [0.717, 1.165) is 29.0 Å². The lowest BCUT2D eigenvalue weighted by Gasteiger charge is -2.32. The van der Waals surface area contributed by atoms with Crippen LogP contribution in [0.25, 0.3) is 0 Å². The molecule has 0 fully saturated rings. The quantitative estimate of drug-likeness (QED) is 0.870. The molecule has 1 amide bonds. The minimum atomic E-state index is -4.37. The first-order chi connectivity index (χ1) is 10.9. The highest BCUT2D eigenvalue weighted by molar-refractivity contribution is 5.95. The Hall–Kier alpha value is -1.60. The Balaban J connectivity index is 2.06. The third kappa shape index (κ3) is 5.21. The van der Waals surface area contributed by atoms with Gasteiger partial charge in [-0.05, 0) is 30.9 Å². The average molecular weight is 330 g/mol. The summed E-state index contributed by atoms with van der Waals surface area (Å²) in [4.78, 5) is 15.1. The molecule has 128 valence electrons. The number of rotatable bonds is 6. The molecule has 23 heavy (non-hydrogen) atoms. The molecule has 1 aliphatic heterocycles. The predicted molar refractivity (Wildman–Crippen MR) is 81.3 cm³/mol. The Labute approximate surface area is 133 Å². The SMILES string of the molecule is O=C(CN(CCCO)CC(F)(F)F)N1CCCc2ccccc21. The molecule has 0 aromatic heterocycles. The number of fused-ring (bicyclic) bond motifs is 1. The second kappa shape index (κ2) is 7.79. The zero-order chi connectivity index (χ0) is 16.9. The third-order valence-corrected chi connectivity index (χ3v) is 3.81. The highest BCUT2D eigenvalue weighted by Crippen LogP contribution is 2.27. The molecule has 1 aliphatic rings. The third-order valence-electron chi connectivity index (χ3n) is 3.81. The van der Waals surface area contributed by atoms with E-state index in [-0.39, 0.29) is 32.0 Å². The molecule has 2 rings (SSSR count). The van der Waals surface area contributed by atoms with Crippen molar-refractivity contribution in [3.05, 3.63) is 29.8 Å². The molecule has 0 saturated carbocycles. The molecule has 0 radical (unpaired) electrons. The Morgan fingerprint density at radius 2 is 2.04 bits per heavy atom. The van der Waals surface area contributed by atoms with Gasteiger partial charge in [0.1, 0.15) is 0 Å². The summed E-state index contributed by atoms with van der Waals surface area (Å²) < 4.78 is 37.9. The number of aryl methyl sites for hydroxylation is 1. The van der Waals surface area contributed by atoms with Crippen molar-refractivity contribution in [2.24, 2.45) is 0 Å². The van der Waals surface area contributed by atoms with Crippen LogP contribution in [0.15, 0.2) is 24.3 Å². The van der Waals surface area contributed by atoms with Crippen LogP contribution in [0.2, 0.25) is 0 Å². The predicted octanol–water partition coefficient (Wildman–Crippen LogP) is 2.21. The van der Waals surface area contributed by atoms with Crippen molar-refractivity contribution in [1.29, 1.82) is 0 Å². The van der Waals surface area contributed by atoms with Crippen LogP contribution in [0, 0.1) is 0 Å². The fraction of sp³-hybridized carbons (Fsp3) is 0.562. The molecule has 0 spiro atoms.